The van der Waals surface area contributed by atoms with Crippen molar-refractivity contribution in [1.29, 1.82) is 0 Å². The van der Waals surface area contributed by atoms with Crippen LogP contribution < -0.4 is 5.43 Å². The highest BCUT2D eigenvalue weighted by Gasteiger charge is 2.24. The summed E-state index contributed by atoms with van der Waals surface area (Å²) < 4.78 is 26.8. The maximum Gasteiger partial charge on any atom is 0.299 e. The highest BCUT2D eigenvalue weighted by Crippen LogP contribution is 2.34. The van der Waals surface area contributed by atoms with E-state index in [1.54, 1.807) is 23.6 Å². The third-order valence-corrected chi connectivity index (χ3v) is 3.97. The van der Waals surface area contributed by atoms with E-state index < -0.39 is 12.2 Å². The Morgan fingerprint density at radius 3 is 2.75 bits per heavy atom. The lowest BCUT2D eigenvalue weighted by Crippen LogP contribution is -2.20. The minimum atomic E-state index is -2.72. The van der Waals surface area contributed by atoms with Gasteiger partial charge in [0, 0.05) is 16.0 Å². The van der Waals surface area contributed by atoms with Crippen LogP contribution in [-0.4, -0.2) is 14.9 Å². The quantitative estimate of drug-likeness (QED) is 0.894. The van der Waals surface area contributed by atoms with Gasteiger partial charge in [0.2, 0.25) is 11.0 Å². The van der Waals surface area contributed by atoms with Gasteiger partial charge in [0.25, 0.3) is 6.43 Å². The maximum atomic E-state index is 12.8. The summed E-state index contributed by atoms with van der Waals surface area (Å²) in [6, 6.07) is 4.97. The average Bonchev–Trinajstić information content (AvgIpc) is 2.81. The lowest BCUT2D eigenvalue weighted by molar-refractivity contribution is 0.136. The van der Waals surface area contributed by atoms with Crippen molar-refractivity contribution < 1.29 is 8.78 Å². The van der Waals surface area contributed by atoms with E-state index in [9.17, 15) is 8.78 Å². The van der Waals surface area contributed by atoms with E-state index in [1.165, 1.54) is 11.8 Å². The lowest BCUT2D eigenvalue weighted by atomic mass is 10.2. The van der Waals surface area contributed by atoms with Crippen molar-refractivity contribution in [2.75, 3.05) is 5.43 Å². The number of halogens is 4. The summed E-state index contributed by atoms with van der Waals surface area (Å²) in [5.74, 6) is -0.441. The zero-order valence-electron chi connectivity index (χ0n) is 9.65. The summed E-state index contributed by atoms with van der Waals surface area (Å²) in [5.41, 5.74) is 4.06. The lowest BCUT2D eigenvalue weighted by Gasteiger charge is -2.19. The minimum Gasteiger partial charge on any atom is -0.289 e. The van der Waals surface area contributed by atoms with Gasteiger partial charge < -0.3 is 0 Å². The zero-order chi connectivity index (χ0) is 14.3. The zero-order valence-corrected chi connectivity index (χ0v) is 12.0. The number of hydrogen-bond donors (Lipinski definition) is 1. The van der Waals surface area contributed by atoms with Crippen LogP contribution in [0.1, 0.15) is 17.8 Å². The molecule has 0 atom stereocenters. The third-order valence-electron chi connectivity index (χ3n) is 2.59. The molecule has 2 heterocycles. The molecular formula is C11H6Cl2F2N4S. The Balaban J connectivity index is 1.97. The number of aromatic nitrogens is 3. The Labute approximate surface area is 126 Å². The fourth-order valence-electron chi connectivity index (χ4n) is 1.69. The largest absolute Gasteiger partial charge is 0.299 e. The van der Waals surface area contributed by atoms with Gasteiger partial charge in [-0.15, -0.1) is 10.2 Å². The smallest absolute Gasteiger partial charge is 0.289 e. The second-order valence-corrected chi connectivity index (χ2v) is 5.54. The van der Waals surface area contributed by atoms with Crippen molar-refractivity contribution in [2.45, 2.75) is 11.6 Å². The van der Waals surface area contributed by atoms with Gasteiger partial charge in [-0.05, 0) is 18.2 Å². The van der Waals surface area contributed by atoms with Crippen LogP contribution in [0.2, 0.25) is 10.0 Å². The molecule has 20 heavy (non-hydrogen) atoms. The molecule has 0 saturated heterocycles. The summed E-state index contributed by atoms with van der Waals surface area (Å²) in [6.45, 7) is 0. The van der Waals surface area contributed by atoms with E-state index in [2.05, 4.69) is 15.6 Å². The van der Waals surface area contributed by atoms with Crippen molar-refractivity contribution in [3.8, 4) is 0 Å². The van der Waals surface area contributed by atoms with Gasteiger partial charge >= 0.3 is 0 Å². The summed E-state index contributed by atoms with van der Waals surface area (Å²) in [6.07, 6.45) is -2.72. The predicted molar refractivity (Wildman–Crippen MR) is 74.6 cm³/mol. The van der Waals surface area contributed by atoms with Crippen LogP contribution in [0.15, 0.2) is 28.8 Å². The van der Waals surface area contributed by atoms with Gasteiger partial charge in [-0.3, -0.25) is 5.43 Å². The fourth-order valence-corrected chi connectivity index (χ4v) is 2.94. The minimum absolute atomic E-state index is 0.342. The van der Waals surface area contributed by atoms with Crippen molar-refractivity contribution in [1.82, 2.24) is 14.9 Å². The molecule has 9 heteroatoms. The van der Waals surface area contributed by atoms with Crippen LogP contribution in [0, 0.1) is 0 Å². The van der Waals surface area contributed by atoms with Crippen LogP contribution in [0.25, 0.3) is 5.70 Å². The number of nitrogens with zero attached hydrogens (tertiary/aromatic N) is 3. The molecular weight excluding hydrogens is 329 g/mol. The summed E-state index contributed by atoms with van der Waals surface area (Å²) in [4.78, 5) is 0. The molecule has 0 fully saturated rings. The normalized spacial score (nSPS) is 13.9. The Hall–Kier alpha value is -1.31. The molecule has 1 aromatic heterocycles. The first-order chi connectivity index (χ1) is 9.56. The number of nitrogens with one attached hydrogen (secondary N) is 1. The Kier molecular flexibility index (Phi) is 3.57. The molecule has 0 bridgehead atoms. The number of hydrogen-bond acceptors (Lipinski definition) is 4. The topological polar surface area (TPSA) is 42.7 Å². The molecule has 0 aliphatic carbocycles. The number of alkyl halides is 2. The van der Waals surface area contributed by atoms with E-state index >= 15 is 0 Å². The average molecular weight is 335 g/mol. The first-order valence-corrected chi connectivity index (χ1v) is 7.02. The van der Waals surface area contributed by atoms with Gasteiger partial charge in [-0.1, -0.05) is 35.0 Å². The summed E-state index contributed by atoms with van der Waals surface area (Å²) in [5, 5.41) is 10.1. The van der Waals surface area contributed by atoms with Gasteiger partial charge in [-0.25, -0.2) is 13.5 Å². The van der Waals surface area contributed by atoms with Gasteiger partial charge in [0.15, 0.2) is 0 Å². The number of thioether (sulfide) groups is 1. The second kappa shape index (κ2) is 5.23. The Morgan fingerprint density at radius 2 is 2.05 bits per heavy atom. The fraction of sp³-hybridized carbons (Fsp3) is 0.0909. The van der Waals surface area contributed by atoms with Gasteiger partial charge in [-0.2, -0.15) is 0 Å². The maximum absolute atomic E-state index is 12.8. The van der Waals surface area contributed by atoms with Crippen LogP contribution in [0.5, 0.6) is 0 Å². The van der Waals surface area contributed by atoms with E-state index in [0.29, 0.717) is 26.5 Å². The van der Waals surface area contributed by atoms with E-state index in [1.807, 2.05) is 0 Å². The molecule has 1 N–H and O–H groups in total. The molecule has 1 aliphatic rings. The molecule has 3 rings (SSSR count). The van der Waals surface area contributed by atoms with Crippen LogP contribution in [-0.2, 0) is 0 Å². The molecule has 0 saturated carbocycles. The van der Waals surface area contributed by atoms with E-state index in [0.717, 1.165) is 4.68 Å². The number of rotatable bonds is 2. The standard InChI is InChI=1S/C11H6Cl2F2N4S/c12-5-1-2-6(7(13)3-5)8-4-20-11-17-16-10(9(14)15)19(11)18-8/h1-4,9,18H. The molecule has 0 unspecified atom stereocenters. The molecule has 1 aliphatic heterocycles. The molecule has 4 nitrogen and oxygen atoms in total. The molecule has 0 amide bonds. The molecule has 104 valence electrons. The van der Waals surface area contributed by atoms with Crippen LogP contribution in [0.3, 0.4) is 0 Å². The van der Waals surface area contributed by atoms with Crippen LogP contribution >= 0.6 is 35.0 Å². The van der Waals surface area contributed by atoms with Crippen molar-refractivity contribution in [2.24, 2.45) is 0 Å². The van der Waals surface area contributed by atoms with Gasteiger partial charge in [0.05, 0.1) is 10.7 Å². The summed E-state index contributed by atoms with van der Waals surface area (Å²) in [7, 11) is 0. The monoisotopic (exact) mass is 334 g/mol. The Bertz CT molecular complexity index is 702. The second-order valence-electron chi connectivity index (χ2n) is 3.86. The highest BCUT2D eigenvalue weighted by molar-refractivity contribution is 8.02. The first-order valence-electron chi connectivity index (χ1n) is 5.39. The predicted octanol–water partition coefficient (Wildman–Crippen LogP) is 4.17. The van der Waals surface area contributed by atoms with Crippen molar-refractivity contribution >= 4 is 40.7 Å². The van der Waals surface area contributed by atoms with Crippen molar-refractivity contribution in [3.63, 3.8) is 0 Å². The summed E-state index contributed by atoms with van der Waals surface area (Å²) >= 11 is 13.1. The highest BCUT2D eigenvalue weighted by atomic mass is 35.5. The number of fused-ring (bicyclic) bond motifs is 1. The van der Waals surface area contributed by atoms with Crippen molar-refractivity contribution in [3.05, 3.63) is 45.0 Å². The first kappa shape index (κ1) is 13.7. The molecule has 0 radical (unpaired) electrons. The third kappa shape index (κ3) is 2.36. The molecule has 2 aromatic rings. The Morgan fingerprint density at radius 1 is 1.25 bits per heavy atom. The molecule has 0 spiro atoms. The number of benzene rings is 1. The van der Waals surface area contributed by atoms with Crippen LogP contribution in [0.4, 0.5) is 8.78 Å². The molecule has 1 aromatic carbocycles. The van der Waals surface area contributed by atoms with E-state index in [4.69, 9.17) is 23.2 Å². The SMILES string of the molecule is FC(F)c1nnc2n1NC(c1ccc(Cl)cc1Cl)=CS2. The van der Waals surface area contributed by atoms with E-state index in [-0.39, 0.29) is 0 Å². The van der Waals surface area contributed by atoms with Gasteiger partial charge in [0.1, 0.15) is 0 Å².